The highest BCUT2D eigenvalue weighted by Crippen LogP contribution is 2.39. The molecule has 422 valence electrons. The van der Waals surface area contributed by atoms with E-state index in [-0.39, 0.29) is 79.2 Å². The summed E-state index contributed by atoms with van der Waals surface area (Å²) >= 11 is 0. The maximum Gasteiger partial charge on any atom is 0.333 e. The molecule has 0 saturated heterocycles. The molecule has 0 radical (unpaired) electrons. The fourth-order valence-electron chi connectivity index (χ4n) is 7.93. The minimum atomic E-state index is -1.67. The molecular weight excluding hydrogens is 1000 g/mol. The van der Waals surface area contributed by atoms with Crippen molar-refractivity contribution < 1.29 is 85.4 Å². The van der Waals surface area contributed by atoms with E-state index in [0.29, 0.717) is 29.0 Å². The van der Waals surface area contributed by atoms with Gasteiger partial charge in [0, 0.05) is 27.9 Å². The lowest BCUT2D eigenvalue weighted by atomic mass is 9.77. The molecule has 0 aliphatic heterocycles. The first-order chi connectivity index (χ1) is 36.6. The van der Waals surface area contributed by atoms with Gasteiger partial charge in [-0.2, -0.15) is 0 Å². The number of benzene rings is 2. The highest BCUT2D eigenvalue weighted by molar-refractivity contribution is 5.88. The summed E-state index contributed by atoms with van der Waals surface area (Å²) in [5, 5.41) is 0. The van der Waals surface area contributed by atoms with Crippen molar-refractivity contribution in [1.29, 1.82) is 0 Å². The lowest BCUT2D eigenvalue weighted by Crippen LogP contribution is -2.44. The summed E-state index contributed by atoms with van der Waals surface area (Å²) in [6.45, 7) is 19.0. The Hall–Kier alpha value is -7.11. The van der Waals surface area contributed by atoms with Crippen molar-refractivity contribution in [3.63, 3.8) is 0 Å². The van der Waals surface area contributed by atoms with Crippen LogP contribution in [0.4, 0.5) is 4.39 Å². The Labute approximate surface area is 451 Å². The summed E-state index contributed by atoms with van der Waals surface area (Å²) in [5.74, 6) is -5.28. The van der Waals surface area contributed by atoms with Gasteiger partial charge in [0.25, 0.3) is 0 Å². The molecule has 1 aliphatic rings. The number of halogens is 1. The van der Waals surface area contributed by atoms with E-state index in [1.807, 2.05) is 6.07 Å². The van der Waals surface area contributed by atoms with Gasteiger partial charge in [0.2, 0.25) is 0 Å². The first-order valence-electron chi connectivity index (χ1n) is 26.1. The smallest absolute Gasteiger partial charge is 0.333 e. The first kappa shape index (κ1) is 64.2. The van der Waals surface area contributed by atoms with Gasteiger partial charge in [-0.05, 0) is 113 Å². The zero-order valence-electron chi connectivity index (χ0n) is 45.5. The predicted molar refractivity (Wildman–Crippen MR) is 282 cm³/mol. The van der Waals surface area contributed by atoms with Crippen LogP contribution in [0.25, 0.3) is 11.1 Å². The average Bonchev–Trinajstić information content (AvgIpc) is 3.40. The second kappa shape index (κ2) is 33.8. The van der Waals surface area contributed by atoms with E-state index in [2.05, 4.69) is 33.2 Å². The molecule has 0 unspecified atom stereocenters. The number of hydrogen-bond donors (Lipinski definition) is 0. The van der Waals surface area contributed by atoms with Crippen LogP contribution < -0.4 is 4.74 Å². The van der Waals surface area contributed by atoms with Gasteiger partial charge in [0.05, 0.1) is 32.3 Å². The van der Waals surface area contributed by atoms with Crippen LogP contribution in [0.2, 0.25) is 0 Å². The number of hydrogen-bond acceptors (Lipinski definition) is 17. The molecule has 0 amide bonds. The Morgan fingerprint density at radius 3 is 1.49 bits per heavy atom. The second-order valence-electron chi connectivity index (χ2n) is 19.5. The molecule has 77 heavy (non-hydrogen) atoms. The van der Waals surface area contributed by atoms with Crippen LogP contribution in [-0.2, 0) is 82.7 Å². The second-order valence-corrected chi connectivity index (χ2v) is 19.5. The maximum atomic E-state index is 16.2. The molecule has 1 aliphatic carbocycles. The molecule has 2 aromatic carbocycles. The Balaban J connectivity index is 1.92. The van der Waals surface area contributed by atoms with Crippen LogP contribution >= 0.6 is 0 Å². The van der Waals surface area contributed by atoms with Crippen molar-refractivity contribution in [2.24, 2.45) is 11.3 Å². The normalized spacial score (nSPS) is 13.9. The molecule has 0 atom stereocenters. The average molecular weight is 1080 g/mol. The highest BCUT2D eigenvalue weighted by Gasteiger charge is 2.38. The summed E-state index contributed by atoms with van der Waals surface area (Å²) in [5.41, 5.74) is 1.30. The van der Waals surface area contributed by atoms with Crippen molar-refractivity contribution in [2.45, 2.75) is 130 Å². The Bertz CT molecular complexity index is 2350. The van der Waals surface area contributed by atoms with E-state index in [9.17, 15) is 38.4 Å². The summed E-state index contributed by atoms with van der Waals surface area (Å²) < 4.78 is 64.8. The van der Waals surface area contributed by atoms with E-state index in [1.54, 1.807) is 30.3 Å². The van der Waals surface area contributed by atoms with Crippen molar-refractivity contribution in [2.75, 3.05) is 59.5 Å². The molecule has 1 saturated carbocycles. The molecule has 0 N–H and O–H groups in total. The third kappa shape index (κ3) is 24.2. The molecule has 0 bridgehead atoms. The molecule has 18 heteroatoms. The third-order valence-corrected chi connectivity index (χ3v) is 12.5. The zero-order valence-corrected chi connectivity index (χ0v) is 45.5. The predicted octanol–water partition coefficient (Wildman–Crippen LogP) is 9.85. The first-order valence-corrected chi connectivity index (χ1v) is 26.1. The summed E-state index contributed by atoms with van der Waals surface area (Å²) in [6.07, 6.45) is 7.92. The van der Waals surface area contributed by atoms with E-state index in [4.69, 9.17) is 42.6 Å². The summed E-state index contributed by atoms with van der Waals surface area (Å²) in [6, 6.07) is 10.4. The van der Waals surface area contributed by atoms with Crippen LogP contribution in [0.15, 0.2) is 85.0 Å². The highest BCUT2D eigenvalue weighted by atomic mass is 19.1. The monoisotopic (exact) mass is 1080 g/mol. The number of esters is 8. The Morgan fingerprint density at radius 1 is 0.532 bits per heavy atom. The minimum Gasteiger partial charge on any atom is -0.492 e. The molecule has 3 rings (SSSR count). The summed E-state index contributed by atoms with van der Waals surface area (Å²) in [7, 11) is 0. The molecule has 0 spiro atoms. The van der Waals surface area contributed by atoms with Gasteiger partial charge >= 0.3 is 47.8 Å². The van der Waals surface area contributed by atoms with Crippen molar-refractivity contribution in [3.05, 3.63) is 102 Å². The van der Waals surface area contributed by atoms with Gasteiger partial charge in [0.1, 0.15) is 69.8 Å². The lowest BCUT2D eigenvalue weighted by Gasteiger charge is -2.32. The van der Waals surface area contributed by atoms with Crippen LogP contribution in [-0.4, -0.2) is 107 Å². The van der Waals surface area contributed by atoms with Crippen LogP contribution in [0.3, 0.4) is 0 Å². The van der Waals surface area contributed by atoms with Gasteiger partial charge in [-0.1, -0.05) is 77.1 Å². The van der Waals surface area contributed by atoms with Gasteiger partial charge in [-0.15, -0.1) is 0 Å². The maximum absolute atomic E-state index is 16.2. The Kier molecular flexibility index (Phi) is 28.2. The molecule has 1 fully saturated rings. The van der Waals surface area contributed by atoms with Crippen molar-refractivity contribution in [3.8, 4) is 16.9 Å². The summed E-state index contributed by atoms with van der Waals surface area (Å²) in [4.78, 5) is 99.8. The standard InChI is InChI=1S/C59H77FO17/c1-10-11-12-14-43-16-18-44(19-17-43)45-20-22-48(49(60)34-45)46-21-23-50(47(33-46)15-13-28-71-55(65)39(2)3)74-35-59(38-77-58(68)42(8)9,36-75-53(63)26-24-51(61)69-29-31-72-56(66)40(4)5)37-76-54(64)27-25-52(62)70-30-32-73-57(67)41(6)7/h20-23,33-34,43-44H,2,4,6,8,10-19,24-32,35-38H2,1,3,5,7,9H3. The number of aryl methyl sites for hydroxylation is 1. The largest absolute Gasteiger partial charge is 0.492 e. The lowest BCUT2D eigenvalue weighted by molar-refractivity contribution is -0.165. The van der Waals surface area contributed by atoms with Crippen LogP contribution in [0.5, 0.6) is 5.75 Å². The fourth-order valence-corrected chi connectivity index (χ4v) is 7.93. The van der Waals surface area contributed by atoms with Gasteiger partial charge in [0.15, 0.2) is 0 Å². The van der Waals surface area contributed by atoms with Crippen molar-refractivity contribution >= 4 is 47.8 Å². The number of carbonyl (C=O) groups is 8. The van der Waals surface area contributed by atoms with E-state index in [1.165, 1.54) is 53.4 Å². The number of unbranched alkanes of at least 4 members (excludes halogenated alkanes) is 2. The van der Waals surface area contributed by atoms with E-state index in [0.717, 1.165) is 31.2 Å². The third-order valence-electron chi connectivity index (χ3n) is 12.5. The van der Waals surface area contributed by atoms with Crippen LogP contribution in [0.1, 0.15) is 135 Å². The molecule has 0 aromatic heterocycles. The fraction of sp³-hybridized carbons (Fsp3) is 0.525. The number of ether oxygens (including phenoxy) is 9. The topological polar surface area (TPSA) is 220 Å². The van der Waals surface area contributed by atoms with Gasteiger partial charge < -0.3 is 42.6 Å². The van der Waals surface area contributed by atoms with Gasteiger partial charge in [-0.3, -0.25) is 19.2 Å². The van der Waals surface area contributed by atoms with Crippen molar-refractivity contribution in [1.82, 2.24) is 0 Å². The quantitative estimate of drug-likeness (QED) is 0.0271. The van der Waals surface area contributed by atoms with E-state index < -0.39 is 105 Å². The van der Waals surface area contributed by atoms with Crippen LogP contribution in [0, 0.1) is 17.2 Å². The number of rotatable bonds is 35. The molecule has 2 aromatic rings. The minimum absolute atomic E-state index is 0.0119. The van der Waals surface area contributed by atoms with Gasteiger partial charge in [-0.25, -0.2) is 23.6 Å². The molecule has 0 heterocycles. The SMILES string of the molecule is C=C(C)C(=O)OCCCc1cc(-c2ccc(C3CCC(CCCCC)CC3)cc2F)ccc1OCC(COC(=O)CCC(=O)OCCOC(=O)C(=C)C)(COC(=O)CCC(=O)OCCOC(=O)C(=C)C)COC(=O)C(=C)C. The van der Waals surface area contributed by atoms with E-state index >= 15 is 4.39 Å². The Morgan fingerprint density at radius 2 is 1.00 bits per heavy atom. The molecule has 17 nitrogen and oxygen atoms in total. The zero-order chi connectivity index (χ0) is 56.9. The molecular formula is C59H77FO17. The number of carbonyl (C=O) groups excluding carboxylic acids is 8.